The number of hydrogen-bond acceptors (Lipinski definition) is 3. The number of ether oxygens (including phenoxy) is 1. The lowest BCUT2D eigenvalue weighted by atomic mass is 10.0. The normalized spacial score (nSPS) is 15.5. The smallest absolute Gasteiger partial charge is 0.223 e. The van der Waals surface area contributed by atoms with Crippen LogP contribution in [0.5, 0.6) is 5.75 Å². The molecule has 1 aliphatic rings. The average molecular weight is 391 g/mol. The van der Waals surface area contributed by atoms with E-state index in [0.717, 1.165) is 37.5 Å². The van der Waals surface area contributed by atoms with E-state index in [1.165, 1.54) is 11.6 Å². The van der Waals surface area contributed by atoms with Crippen LogP contribution < -0.4 is 10.1 Å². The molecule has 1 heterocycles. The molecule has 0 bridgehead atoms. The molecule has 144 valence electrons. The van der Waals surface area contributed by atoms with Crippen molar-refractivity contribution >= 4 is 17.5 Å². The Bertz CT molecular complexity index is 746. The molecule has 4 nitrogen and oxygen atoms in total. The highest BCUT2D eigenvalue weighted by atomic mass is 35.5. The number of benzene rings is 2. The third-order valence-electron chi connectivity index (χ3n) is 4.70. The van der Waals surface area contributed by atoms with Gasteiger partial charge >= 0.3 is 0 Å². The van der Waals surface area contributed by atoms with Gasteiger partial charge in [0.25, 0.3) is 0 Å². The summed E-state index contributed by atoms with van der Waals surface area (Å²) in [5.41, 5.74) is 1.24. The van der Waals surface area contributed by atoms with Crippen LogP contribution >= 0.6 is 11.6 Å². The molecule has 1 N–H and O–H groups in total. The fourth-order valence-electron chi connectivity index (χ4n) is 3.20. The van der Waals surface area contributed by atoms with Gasteiger partial charge in [-0.1, -0.05) is 35.9 Å². The molecule has 1 aliphatic heterocycles. The van der Waals surface area contributed by atoms with Crippen molar-refractivity contribution in [1.82, 2.24) is 10.2 Å². The van der Waals surface area contributed by atoms with E-state index in [2.05, 4.69) is 10.2 Å². The molecular formula is C21H24ClFN2O2. The van der Waals surface area contributed by atoms with E-state index in [1.54, 1.807) is 18.2 Å². The monoisotopic (exact) mass is 390 g/mol. The van der Waals surface area contributed by atoms with Gasteiger partial charge in [0.05, 0.1) is 13.0 Å². The Balaban J connectivity index is 1.34. The fourth-order valence-corrected chi connectivity index (χ4v) is 3.32. The molecule has 0 saturated carbocycles. The van der Waals surface area contributed by atoms with E-state index in [1.807, 2.05) is 24.3 Å². The van der Waals surface area contributed by atoms with Crippen LogP contribution in [0.2, 0.25) is 5.02 Å². The maximum absolute atomic E-state index is 13.5. The topological polar surface area (TPSA) is 41.6 Å². The molecule has 1 saturated heterocycles. The van der Waals surface area contributed by atoms with E-state index in [0.29, 0.717) is 0 Å². The summed E-state index contributed by atoms with van der Waals surface area (Å²) in [6.45, 7) is 2.95. The van der Waals surface area contributed by atoms with Crippen LogP contribution in [0.25, 0.3) is 0 Å². The Morgan fingerprint density at radius 2 is 1.85 bits per heavy atom. The van der Waals surface area contributed by atoms with Crippen molar-refractivity contribution in [2.75, 3.05) is 19.7 Å². The van der Waals surface area contributed by atoms with E-state index >= 15 is 0 Å². The van der Waals surface area contributed by atoms with Gasteiger partial charge in [-0.3, -0.25) is 9.69 Å². The second-order valence-electron chi connectivity index (χ2n) is 6.77. The minimum Gasteiger partial charge on any atom is -0.490 e. The van der Waals surface area contributed by atoms with Crippen molar-refractivity contribution in [3.8, 4) is 5.75 Å². The van der Waals surface area contributed by atoms with E-state index in [9.17, 15) is 9.18 Å². The zero-order valence-electron chi connectivity index (χ0n) is 15.2. The Labute approximate surface area is 164 Å². The first kappa shape index (κ1) is 19.6. The van der Waals surface area contributed by atoms with Crippen molar-refractivity contribution in [3.05, 3.63) is 64.9 Å². The van der Waals surface area contributed by atoms with Crippen LogP contribution in [-0.4, -0.2) is 36.5 Å². The van der Waals surface area contributed by atoms with Gasteiger partial charge in [0, 0.05) is 30.7 Å². The van der Waals surface area contributed by atoms with E-state index in [-0.39, 0.29) is 30.7 Å². The lowest BCUT2D eigenvalue weighted by Crippen LogP contribution is -2.44. The van der Waals surface area contributed by atoms with Gasteiger partial charge in [-0.05, 0) is 42.7 Å². The van der Waals surface area contributed by atoms with E-state index < -0.39 is 5.82 Å². The number of nitrogens with one attached hydrogen (secondary N) is 1. The molecule has 0 aliphatic carbocycles. The molecule has 2 aromatic carbocycles. The quantitative estimate of drug-likeness (QED) is 0.776. The standard InChI is InChI=1S/C21H24ClFN2O2/c22-17-7-5-16(6-8-17)15-25-12-9-18(10-13-25)24-21(26)11-14-27-20-4-2-1-3-19(20)23/h1-8,18H,9-15H2,(H,24,26). The fraction of sp³-hybridized carbons (Fsp3) is 0.381. The number of halogens is 2. The van der Waals surface area contributed by atoms with Gasteiger partial charge in [-0.2, -0.15) is 0 Å². The van der Waals surface area contributed by atoms with Crippen LogP contribution in [0.3, 0.4) is 0 Å². The van der Waals surface area contributed by atoms with Gasteiger partial charge in [-0.25, -0.2) is 4.39 Å². The lowest BCUT2D eigenvalue weighted by Gasteiger charge is -2.32. The van der Waals surface area contributed by atoms with Crippen molar-refractivity contribution in [1.29, 1.82) is 0 Å². The zero-order chi connectivity index (χ0) is 19.1. The van der Waals surface area contributed by atoms with Crippen molar-refractivity contribution in [3.63, 3.8) is 0 Å². The molecule has 0 spiro atoms. The molecule has 0 radical (unpaired) electrons. The van der Waals surface area contributed by atoms with Crippen LogP contribution in [-0.2, 0) is 11.3 Å². The maximum Gasteiger partial charge on any atom is 0.223 e. The molecule has 0 atom stereocenters. The van der Waals surface area contributed by atoms with Crippen molar-refractivity contribution in [2.24, 2.45) is 0 Å². The summed E-state index contributed by atoms with van der Waals surface area (Å²) >= 11 is 5.92. The average Bonchev–Trinajstić information content (AvgIpc) is 2.67. The molecule has 1 fully saturated rings. The van der Waals surface area contributed by atoms with Crippen molar-refractivity contribution < 1.29 is 13.9 Å². The number of amides is 1. The first-order chi connectivity index (χ1) is 13.1. The maximum atomic E-state index is 13.5. The molecular weight excluding hydrogens is 367 g/mol. The van der Waals surface area contributed by atoms with Crippen LogP contribution in [0, 0.1) is 5.82 Å². The highest BCUT2D eigenvalue weighted by Gasteiger charge is 2.20. The highest BCUT2D eigenvalue weighted by molar-refractivity contribution is 6.30. The predicted octanol–water partition coefficient (Wildman–Crippen LogP) is 4.03. The zero-order valence-corrected chi connectivity index (χ0v) is 15.9. The van der Waals surface area contributed by atoms with Crippen LogP contribution in [0.15, 0.2) is 48.5 Å². The summed E-state index contributed by atoms with van der Waals surface area (Å²) in [7, 11) is 0. The summed E-state index contributed by atoms with van der Waals surface area (Å²) in [6, 6.07) is 14.3. The Morgan fingerprint density at radius 3 is 2.56 bits per heavy atom. The number of rotatable bonds is 7. The summed E-state index contributed by atoms with van der Waals surface area (Å²) in [5.74, 6) is -0.283. The molecule has 3 rings (SSSR count). The van der Waals surface area contributed by atoms with Crippen LogP contribution in [0.1, 0.15) is 24.8 Å². The second kappa shape index (κ2) is 9.72. The number of likely N-dealkylation sites (tertiary alicyclic amines) is 1. The predicted molar refractivity (Wildman–Crippen MR) is 104 cm³/mol. The highest BCUT2D eigenvalue weighted by Crippen LogP contribution is 2.17. The molecule has 0 unspecified atom stereocenters. The van der Waals surface area contributed by atoms with Gasteiger partial charge in [0.15, 0.2) is 11.6 Å². The first-order valence-electron chi connectivity index (χ1n) is 9.23. The van der Waals surface area contributed by atoms with Gasteiger partial charge in [0.2, 0.25) is 5.91 Å². The van der Waals surface area contributed by atoms with Gasteiger partial charge in [0.1, 0.15) is 0 Å². The third-order valence-corrected chi connectivity index (χ3v) is 4.95. The number of hydrogen-bond donors (Lipinski definition) is 1. The minimum atomic E-state index is -0.411. The van der Waals surface area contributed by atoms with Gasteiger partial charge in [-0.15, -0.1) is 0 Å². The summed E-state index contributed by atoms with van der Waals surface area (Å²) in [5, 5.41) is 3.80. The molecule has 27 heavy (non-hydrogen) atoms. The van der Waals surface area contributed by atoms with Crippen molar-refractivity contribution in [2.45, 2.75) is 31.8 Å². The number of carbonyl (C=O) groups excluding carboxylic acids is 1. The number of carbonyl (C=O) groups is 1. The second-order valence-corrected chi connectivity index (χ2v) is 7.21. The van der Waals surface area contributed by atoms with E-state index in [4.69, 9.17) is 16.3 Å². The Morgan fingerprint density at radius 1 is 1.15 bits per heavy atom. The SMILES string of the molecule is O=C(CCOc1ccccc1F)NC1CCN(Cc2ccc(Cl)cc2)CC1. The summed E-state index contributed by atoms with van der Waals surface area (Å²) < 4.78 is 18.8. The molecule has 6 heteroatoms. The Hall–Kier alpha value is -2.11. The molecule has 0 aromatic heterocycles. The third kappa shape index (κ3) is 6.22. The lowest BCUT2D eigenvalue weighted by molar-refractivity contribution is -0.122. The van der Waals surface area contributed by atoms with Crippen LogP contribution in [0.4, 0.5) is 4.39 Å². The summed E-state index contributed by atoms with van der Waals surface area (Å²) in [6.07, 6.45) is 2.07. The largest absolute Gasteiger partial charge is 0.490 e. The molecule has 1 amide bonds. The number of para-hydroxylation sites is 1. The minimum absolute atomic E-state index is 0.0532. The first-order valence-corrected chi connectivity index (χ1v) is 9.61. The Kier molecular flexibility index (Phi) is 7.07. The van der Waals surface area contributed by atoms with Gasteiger partial charge < -0.3 is 10.1 Å². The number of piperidine rings is 1. The molecule has 2 aromatic rings. The summed E-state index contributed by atoms with van der Waals surface area (Å²) in [4.78, 5) is 14.5. The number of nitrogens with zero attached hydrogens (tertiary/aromatic N) is 1.